The Labute approximate surface area is 578 Å². The van der Waals surface area contributed by atoms with E-state index in [-0.39, 0.29) is 5.41 Å². The van der Waals surface area contributed by atoms with Gasteiger partial charge in [-0.1, -0.05) is 350 Å². The van der Waals surface area contributed by atoms with E-state index in [4.69, 9.17) is 9.97 Å². The lowest BCUT2D eigenvalue weighted by atomic mass is 9.70. The summed E-state index contributed by atoms with van der Waals surface area (Å²) in [5, 5.41) is 12.8. The number of nitrogens with zero attached hydrogens (tertiary/aromatic N) is 2. The Bertz CT molecular complexity index is 5940. The zero-order valence-electron chi connectivity index (χ0n) is 53.3. The molecule has 21 rings (SSSR count). The summed E-state index contributed by atoms with van der Waals surface area (Å²) in [6.07, 6.45) is 0. The van der Waals surface area contributed by atoms with Crippen molar-refractivity contribution in [3.63, 3.8) is 0 Å². The molecule has 98 heavy (non-hydrogen) atoms. The molecule has 2 spiro atoms. The molecular formula is C94H59BrN2Si. The van der Waals surface area contributed by atoms with Crippen molar-refractivity contribution >= 4 is 88.1 Å². The average Bonchev–Trinajstić information content (AvgIpc) is 1.51. The van der Waals surface area contributed by atoms with Crippen LogP contribution in [0.3, 0.4) is 0 Å². The van der Waals surface area contributed by atoms with Gasteiger partial charge < -0.3 is 0 Å². The zero-order valence-corrected chi connectivity index (χ0v) is 55.9. The Kier molecular flexibility index (Phi) is 12.7. The first kappa shape index (κ1) is 56.7. The number of aromatic nitrogens is 2. The molecule has 0 radical (unpaired) electrons. The number of hydrogen-bond donors (Lipinski definition) is 0. The van der Waals surface area contributed by atoms with Crippen molar-refractivity contribution in [2.45, 2.75) is 10.8 Å². The molecule has 2 heterocycles. The summed E-state index contributed by atoms with van der Waals surface area (Å²) < 4.78 is 1.07. The number of benzene rings is 15. The van der Waals surface area contributed by atoms with Crippen molar-refractivity contribution in [1.29, 1.82) is 0 Å². The molecule has 456 valence electrons. The number of hydrogen-bond acceptors (Lipinski definition) is 2. The maximum Gasteiger partial charge on any atom is 0.179 e. The lowest BCUT2D eigenvalue weighted by Gasteiger charge is -2.34. The highest BCUT2D eigenvalue weighted by molar-refractivity contribution is 9.10. The van der Waals surface area contributed by atoms with Crippen molar-refractivity contribution in [3.05, 3.63) is 407 Å². The summed E-state index contributed by atoms with van der Waals surface area (Å²) in [4.78, 5) is 10.7. The third-order valence-electron chi connectivity index (χ3n) is 22.0. The van der Waals surface area contributed by atoms with Gasteiger partial charge in [-0.3, -0.25) is 0 Å². The van der Waals surface area contributed by atoms with Crippen LogP contribution in [0.4, 0.5) is 0 Å². The minimum atomic E-state index is -2.67. The molecule has 4 heteroatoms. The third-order valence-corrected chi connectivity index (χ3v) is 27.3. The van der Waals surface area contributed by atoms with Gasteiger partial charge in [-0.05, 0) is 134 Å². The van der Waals surface area contributed by atoms with Crippen LogP contribution in [0.5, 0.6) is 0 Å². The van der Waals surface area contributed by atoms with Crippen molar-refractivity contribution in [3.8, 4) is 67.0 Å². The van der Waals surface area contributed by atoms with E-state index in [9.17, 15) is 0 Å². The molecule has 0 atom stereocenters. The summed E-state index contributed by atoms with van der Waals surface area (Å²) in [5.41, 5.74) is 27.0. The molecule has 4 aliphatic rings. The third kappa shape index (κ3) is 7.78. The number of pyridine rings is 2. The van der Waals surface area contributed by atoms with Gasteiger partial charge in [-0.2, -0.15) is 0 Å². The Morgan fingerprint density at radius 2 is 0.510 bits per heavy atom. The molecule has 17 aromatic rings. The van der Waals surface area contributed by atoms with E-state index in [1.54, 1.807) is 0 Å². The van der Waals surface area contributed by atoms with E-state index in [1.165, 1.54) is 142 Å². The van der Waals surface area contributed by atoms with E-state index >= 15 is 0 Å². The van der Waals surface area contributed by atoms with Gasteiger partial charge in [0.05, 0.1) is 33.3 Å². The van der Waals surface area contributed by atoms with E-state index in [0.717, 1.165) is 38.0 Å². The summed E-state index contributed by atoms with van der Waals surface area (Å²) in [6.45, 7) is 0. The number of rotatable bonds is 6. The maximum atomic E-state index is 5.49. The van der Waals surface area contributed by atoms with Crippen LogP contribution >= 0.6 is 15.9 Å². The lowest BCUT2D eigenvalue weighted by Crippen LogP contribution is -2.74. The molecule has 0 fully saturated rings. The predicted octanol–water partition coefficient (Wildman–Crippen LogP) is 20.9. The molecule has 0 aliphatic heterocycles. The van der Waals surface area contributed by atoms with Crippen LogP contribution in [0.1, 0.15) is 44.5 Å². The SMILES string of the molecule is Brc1ccc(-c2nc3ccccc3c3c4c(ccc23)C2(c3ccccc3-c3ccccc32)c2ccccc2-4)cc1.c1ccc([Si](c2ccccc2)(c2ccccc2)c2ccc(-c3nc4ccccc4c4c5c(ccc34)C3(c4ccccc4-c4ccccc43)c3ccccc3-5)cc2)cc1. The normalized spacial score (nSPS) is 13.5. The van der Waals surface area contributed by atoms with Gasteiger partial charge in [-0.15, -0.1) is 0 Å². The standard InChI is InChI=1S/C56H37NSi.C38H22BrN/c1-4-18-39(19-5-1)58(40-20-6-2-7-21-40,41-22-8-3-9-23-41)42-34-32-38(33-35-42)55-47-36-37-51-54(53(47)46-27-13-17-31-52(46)57-55)45-26-12-16-30-50(45)56(51)48-28-14-10-24-43(48)44-25-11-15-29-49(44)56;39-24-19-17-23(18-20-24)37-29-21-22-33-36(35(29)28-12-4-8-16-34(28)40-37)27-11-3-7-15-32(27)38(33)30-13-5-1-9-25(30)26-10-2-6-14-31(26)38/h1-37H;1-22H. The highest BCUT2D eigenvalue weighted by atomic mass is 79.9. The van der Waals surface area contributed by atoms with Gasteiger partial charge in [-0.25, -0.2) is 9.97 Å². The second-order valence-electron chi connectivity index (χ2n) is 26.5. The first-order chi connectivity index (χ1) is 48.6. The molecule has 4 aliphatic carbocycles. The second-order valence-corrected chi connectivity index (χ2v) is 31.2. The summed E-state index contributed by atoms with van der Waals surface area (Å²) >= 11 is 3.61. The van der Waals surface area contributed by atoms with Crippen molar-refractivity contribution < 1.29 is 0 Å². The number of halogens is 1. The van der Waals surface area contributed by atoms with Crippen LogP contribution < -0.4 is 20.7 Å². The van der Waals surface area contributed by atoms with Crippen molar-refractivity contribution in [1.82, 2.24) is 9.97 Å². The second kappa shape index (κ2) is 21.9. The molecule has 0 N–H and O–H groups in total. The fourth-order valence-electron chi connectivity index (χ4n) is 18.2. The minimum absolute atomic E-state index is 0.352. The smallest absolute Gasteiger partial charge is 0.179 e. The van der Waals surface area contributed by atoms with Crippen LogP contribution in [0, 0.1) is 0 Å². The van der Waals surface area contributed by atoms with Crippen LogP contribution in [-0.4, -0.2) is 18.0 Å². The molecule has 2 aromatic heterocycles. The highest BCUT2D eigenvalue weighted by Crippen LogP contribution is 2.66. The fraction of sp³-hybridized carbons (Fsp3) is 0.0213. The van der Waals surface area contributed by atoms with Gasteiger partial charge in [0.2, 0.25) is 0 Å². The number of fused-ring (bicyclic) bond motifs is 28. The maximum absolute atomic E-state index is 5.49. The molecule has 2 nitrogen and oxygen atoms in total. The molecular weight excluding hydrogens is 1270 g/mol. The van der Waals surface area contributed by atoms with Crippen LogP contribution in [0.15, 0.2) is 362 Å². The quantitative estimate of drug-likeness (QED) is 0.0942. The van der Waals surface area contributed by atoms with E-state index < -0.39 is 13.5 Å². The number of para-hydroxylation sites is 2. The molecule has 0 unspecified atom stereocenters. The molecule has 0 bridgehead atoms. The topological polar surface area (TPSA) is 25.8 Å². The van der Waals surface area contributed by atoms with Gasteiger partial charge >= 0.3 is 0 Å². The Balaban J connectivity index is 0.000000142. The van der Waals surface area contributed by atoms with Gasteiger partial charge in [0.25, 0.3) is 0 Å². The summed E-state index contributed by atoms with van der Waals surface area (Å²) in [5.74, 6) is 0. The molecule has 0 amide bonds. The molecule has 0 saturated carbocycles. The minimum Gasteiger partial charge on any atom is -0.247 e. The van der Waals surface area contributed by atoms with Crippen molar-refractivity contribution in [2.75, 3.05) is 0 Å². The lowest BCUT2D eigenvalue weighted by molar-refractivity contribution is 0.794. The first-order valence-electron chi connectivity index (χ1n) is 33.9. The van der Waals surface area contributed by atoms with Crippen LogP contribution in [-0.2, 0) is 10.8 Å². The predicted molar refractivity (Wildman–Crippen MR) is 413 cm³/mol. The van der Waals surface area contributed by atoms with E-state index in [2.05, 4.69) is 374 Å². The molecule has 15 aromatic carbocycles. The monoisotopic (exact) mass is 1320 g/mol. The largest absolute Gasteiger partial charge is 0.247 e. The van der Waals surface area contributed by atoms with Gasteiger partial charge in [0, 0.05) is 47.9 Å². The summed E-state index contributed by atoms with van der Waals surface area (Å²) in [7, 11) is -2.67. The van der Waals surface area contributed by atoms with Gasteiger partial charge in [0.1, 0.15) is 0 Å². The Morgan fingerprint density at radius 1 is 0.224 bits per heavy atom. The zero-order chi connectivity index (χ0) is 64.7. The van der Waals surface area contributed by atoms with Crippen LogP contribution in [0.25, 0.3) is 110 Å². The Hall–Kier alpha value is -11.7. The summed E-state index contributed by atoms with van der Waals surface area (Å²) in [6, 6.07) is 132. The van der Waals surface area contributed by atoms with E-state index in [1.807, 2.05) is 0 Å². The molecule has 0 saturated heterocycles. The van der Waals surface area contributed by atoms with Crippen molar-refractivity contribution in [2.24, 2.45) is 0 Å². The first-order valence-corrected chi connectivity index (χ1v) is 36.7. The van der Waals surface area contributed by atoms with Crippen LogP contribution in [0.2, 0.25) is 0 Å². The van der Waals surface area contributed by atoms with E-state index in [0.29, 0.717) is 0 Å². The fourth-order valence-corrected chi connectivity index (χ4v) is 23.2. The average molecular weight is 1320 g/mol. The van der Waals surface area contributed by atoms with Gasteiger partial charge in [0.15, 0.2) is 8.07 Å². The highest BCUT2D eigenvalue weighted by Gasteiger charge is 2.54. The Morgan fingerprint density at radius 3 is 0.878 bits per heavy atom.